The van der Waals surface area contributed by atoms with Gasteiger partial charge in [-0.05, 0) is 58.1 Å². The number of rotatable bonds is 13. The first-order chi connectivity index (χ1) is 22.1. The van der Waals surface area contributed by atoms with Gasteiger partial charge in [0.25, 0.3) is 0 Å². The van der Waals surface area contributed by atoms with Gasteiger partial charge in [0.2, 0.25) is 0 Å². The standard InChI is InChI=1S/C41H63N3O2S2/c1-14-15-16-17-18-19-20-47-21-22-48-37-43-35(27-23-29(38(2,3)4)33(45)30(24-27)39(5,6)7)42-36(44-37)28-25-31(40(8,9)10)34(46)32(26-28)41(11,12)13/h23-26,45-46H,14-22H2,1-13H3. The first kappa shape index (κ1) is 40.2. The molecule has 0 aliphatic heterocycles. The lowest BCUT2D eigenvalue weighted by Crippen LogP contribution is -2.18. The molecule has 0 bridgehead atoms. The summed E-state index contributed by atoms with van der Waals surface area (Å²) in [5.74, 6) is 5.02. The minimum Gasteiger partial charge on any atom is -0.507 e. The number of thioether (sulfide) groups is 2. The zero-order chi connectivity index (χ0) is 36.1. The third kappa shape index (κ3) is 10.9. The second-order valence-corrected chi connectivity index (χ2v) is 19.6. The van der Waals surface area contributed by atoms with E-state index in [2.05, 4.69) is 90.0 Å². The zero-order valence-corrected chi connectivity index (χ0v) is 33.9. The van der Waals surface area contributed by atoms with E-state index in [1.165, 1.54) is 44.3 Å². The minimum absolute atomic E-state index is 0.277. The summed E-state index contributed by atoms with van der Waals surface area (Å²) in [4.78, 5) is 15.2. The van der Waals surface area contributed by atoms with Crippen LogP contribution in [0.25, 0.3) is 22.8 Å². The highest BCUT2D eigenvalue weighted by Crippen LogP contribution is 2.44. The second kappa shape index (κ2) is 16.2. The van der Waals surface area contributed by atoms with E-state index in [1.807, 2.05) is 36.0 Å². The van der Waals surface area contributed by atoms with Gasteiger partial charge in [-0.25, -0.2) is 15.0 Å². The van der Waals surface area contributed by atoms with Crippen LogP contribution in [0.1, 0.15) is 151 Å². The third-order valence-electron chi connectivity index (χ3n) is 8.68. The van der Waals surface area contributed by atoms with E-state index in [0.29, 0.717) is 28.3 Å². The smallest absolute Gasteiger partial charge is 0.191 e. The van der Waals surface area contributed by atoms with E-state index in [0.717, 1.165) is 44.9 Å². The van der Waals surface area contributed by atoms with Crippen LogP contribution in [0.3, 0.4) is 0 Å². The second-order valence-electron chi connectivity index (χ2n) is 17.3. The van der Waals surface area contributed by atoms with Crippen LogP contribution in [0.15, 0.2) is 29.4 Å². The van der Waals surface area contributed by atoms with Gasteiger partial charge in [0.05, 0.1) is 0 Å². The molecule has 0 aliphatic carbocycles. The fourth-order valence-corrected chi connectivity index (χ4v) is 7.67. The summed E-state index contributed by atoms with van der Waals surface area (Å²) >= 11 is 3.69. The Balaban J connectivity index is 2.12. The first-order valence-corrected chi connectivity index (χ1v) is 20.0. The van der Waals surface area contributed by atoms with Crippen molar-refractivity contribution < 1.29 is 10.2 Å². The van der Waals surface area contributed by atoms with Crippen molar-refractivity contribution in [3.05, 3.63) is 46.5 Å². The fraction of sp³-hybridized carbons (Fsp3) is 0.634. The zero-order valence-electron chi connectivity index (χ0n) is 32.2. The lowest BCUT2D eigenvalue weighted by atomic mass is 9.78. The van der Waals surface area contributed by atoms with Gasteiger partial charge in [0, 0.05) is 44.9 Å². The monoisotopic (exact) mass is 693 g/mol. The Hall–Kier alpha value is -2.25. The van der Waals surface area contributed by atoms with Crippen LogP contribution < -0.4 is 0 Å². The van der Waals surface area contributed by atoms with Gasteiger partial charge in [-0.15, -0.1) is 0 Å². The molecule has 0 radical (unpaired) electrons. The van der Waals surface area contributed by atoms with Crippen molar-refractivity contribution in [2.75, 3.05) is 17.3 Å². The SMILES string of the molecule is CCCCCCCCSCCSc1nc(-c2cc(C(C)(C)C)c(O)c(C(C)(C)C)c2)nc(-c2cc(C(C)(C)C)c(O)c(C(C)(C)C)c2)n1. The molecule has 0 amide bonds. The lowest BCUT2D eigenvalue weighted by Gasteiger charge is -2.28. The number of unbranched alkanes of at least 4 members (excludes halogenated alkanes) is 5. The maximum Gasteiger partial charge on any atom is 0.191 e. The van der Waals surface area contributed by atoms with E-state index in [-0.39, 0.29) is 21.7 Å². The molecule has 0 aliphatic rings. The molecule has 2 N–H and O–H groups in total. The van der Waals surface area contributed by atoms with Gasteiger partial charge in [-0.3, -0.25) is 0 Å². The summed E-state index contributed by atoms with van der Waals surface area (Å²) in [5.41, 5.74) is 4.14. The molecule has 0 saturated carbocycles. The molecule has 1 heterocycles. The highest BCUT2D eigenvalue weighted by Gasteiger charge is 2.30. The minimum atomic E-state index is -0.277. The average molecular weight is 694 g/mol. The molecular weight excluding hydrogens is 631 g/mol. The van der Waals surface area contributed by atoms with Crippen LogP contribution >= 0.6 is 23.5 Å². The van der Waals surface area contributed by atoms with E-state index >= 15 is 0 Å². The van der Waals surface area contributed by atoms with Crippen LogP contribution in [0.4, 0.5) is 0 Å². The van der Waals surface area contributed by atoms with E-state index < -0.39 is 0 Å². The Morgan fingerprint density at radius 3 is 1.25 bits per heavy atom. The van der Waals surface area contributed by atoms with Crippen molar-refractivity contribution in [1.82, 2.24) is 15.0 Å². The number of nitrogens with zero attached hydrogens (tertiary/aromatic N) is 3. The molecule has 0 saturated heterocycles. The van der Waals surface area contributed by atoms with Gasteiger partial charge in [-0.2, -0.15) is 11.8 Å². The predicted molar refractivity (Wildman–Crippen MR) is 210 cm³/mol. The molecular formula is C41H63N3O2S2. The average Bonchev–Trinajstić information content (AvgIpc) is 2.95. The molecule has 0 spiro atoms. The van der Waals surface area contributed by atoms with Gasteiger partial charge in [-0.1, -0.05) is 134 Å². The Morgan fingerprint density at radius 1 is 0.500 bits per heavy atom. The summed E-state index contributed by atoms with van der Waals surface area (Å²) < 4.78 is 0. The molecule has 2 aromatic carbocycles. The molecule has 3 rings (SSSR count). The number of hydrogen-bond acceptors (Lipinski definition) is 7. The third-order valence-corrected chi connectivity index (χ3v) is 10.9. The van der Waals surface area contributed by atoms with E-state index in [9.17, 15) is 10.2 Å². The largest absolute Gasteiger partial charge is 0.507 e. The molecule has 3 aromatic rings. The van der Waals surface area contributed by atoms with Crippen molar-refractivity contribution in [3.63, 3.8) is 0 Å². The predicted octanol–water partition coefficient (Wildman–Crippen LogP) is 12.0. The maximum atomic E-state index is 11.4. The van der Waals surface area contributed by atoms with Gasteiger partial charge in [0.15, 0.2) is 16.8 Å². The molecule has 266 valence electrons. The van der Waals surface area contributed by atoms with Crippen LogP contribution in [-0.2, 0) is 21.7 Å². The molecule has 0 unspecified atom stereocenters. The molecule has 1 aromatic heterocycles. The summed E-state index contributed by atoms with van der Waals surface area (Å²) in [6.45, 7) is 27.8. The van der Waals surface area contributed by atoms with Crippen molar-refractivity contribution >= 4 is 23.5 Å². The summed E-state index contributed by atoms with van der Waals surface area (Å²) in [6.07, 6.45) is 7.93. The Morgan fingerprint density at radius 2 is 0.875 bits per heavy atom. The van der Waals surface area contributed by atoms with Crippen LogP contribution in [0.2, 0.25) is 0 Å². The number of aromatic nitrogens is 3. The van der Waals surface area contributed by atoms with Crippen LogP contribution in [-0.4, -0.2) is 42.4 Å². The maximum absolute atomic E-state index is 11.4. The first-order valence-electron chi connectivity index (χ1n) is 17.9. The van der Waals surface area contributed by atoms with Crippen molar-refractivity contribution in [2.45, 2.75) is 155 Å². The Kier molecular flexibility index (Phi) is 13.5. The topological polar surface area (TPSA) is 79.1 Å². The summed E-state index contributed by atoms with van der Waals surface area (Å²) in [5, 5.41) is 23.6. The Bertz CT molecular complexity index is 1350. The van der Waals surface area contributed by atoms with E-state index in [1.54, 1.807) is 11.8 Å². The molecule has 0 atom stereocenters. The molecule has 0 fully saturated rings. The van der Waals surface area contributed by atoms with E-state index in [4.69, 9.17) is 15.0 Å². The molecule has 5 nitrogen and oxygen atoms in total. The van der Waals surface area contributed by atoms with Crippen molar-refractivity contribution in [1.29, 1.82) is 0 Å². The van der Waals surface area contributed by atoms with Crippen LogP contribution in [0.5, 0.6) is 11.5 Å². The highest BCUT2D eigenvalue weighted by molar-refractivity contribution is 8.02. The number of phenols is 2. The van der Waals surface area contributed by atoms with Crippen LogP contribution in [0, 0.1) is 0 Å². The lowest BCUT2D eigenvalue weighted by molar-refractivity contribution is 0.422. The number of phenolic OH excluding ortho intramolecular Hbond substituents is 2. The van der Waals surface area contributed by atoms with Gasteiger partial charge < -0.3 is 10.2 Å². The number of aromatic hydroxyl groups is 2. The Labute approximate surface area is 301 Å². The fourth-order valence-electron chi connectivity index (χ4n) is 5.77. The number of hydrogen-bond donors (Lipinski definition) is 2. The van der Waals surface area contributed by atoms with Crippen molar-refractivity contribution in [2.24, 2.45) is 0 Å². The molecule has 48 heavy (non-hydrogen) atoms. The summed E-state index contributed by atoms with van der Waals surface area (Å²) in [6, 6.07) is 8.19. The number of benzene rings is 2. The normalized spacial score (nSPS) is 12.9. The highest BCUT2D eigenvalue weighted by atomic mass is 32.2. The molecule has 7 heteroatoms. The van der Waals surface area contributed by atoms with Gasteiger partial charge >= 0.3 is 0 Å². The van der Waals surface area contributed by atoms with Gasteiger partial charge in [0.1, 0.15) is 11.5 Å². The summed E-state index contributed by atoms with van der Waals surface area (Å²) in [7, 11) is 0. The van der Waals surface area contributed by atoms with Crippen molar-refractivity contribution in [3.8, 4) is 34.3 Å². The quantitative estimate of drug-likeness (QED) is 0.136.